The van der Waals surface area contributed by atoms with Crippen LogP contribution >= 0.6 is 11.6 Å². The fourth-order valence-corrected chi connectivity index (χ4v) is 3.65. The minimum atomic E-state index is -0.0596. The molecule has 0 fully saturated rings. The maximum absolute atomic E-state index is 12.3. The van der Waals surface area contributed by atoms with E-state index in [1.165, 1.54) is 0 Å². The van der Waals surface area contributed by atoms with Crippen molar-refractivity contribution in [2.45, 2.75) is 6.54 Å². The average molecular weight is 390 g/mol. The van der Waals surface area contributed by atoms with E-state index in [9.17, 15) is 4.79 Å². The van der Waals surface area contributed by atoms with Crippen LogP contribution in [0.3, 0.4) is 0 Å². The Bertz CT molecular complexity index is 1200. The number of rotatable bonds is 3. The molecule has 0 aliphatic carbocycles. The minimum absolute atomic E-state index is 0.0596. The van der Waals surface area contributed by atoms with E-state index in [-0.39, 0.29) is 5.91 Å². The molecule has 28 heavy (non-hydrogen) atoms. The zero-order valence-electron chi connectivity index (χ0n) is 14.9. The molecule has 1 amide bonds. The topological polar surface area (TPSA) is 56.2 Å². The van der Waals surface area contributed by atoms with Crippen LogP contribution in [0.25, 0.3) is 22.4 Å². The summed E-state index contributed by atoms with van der Waals surface area (Å²) in [5, 5.41) is 3.61. The van der Waals surface area contributed by atoms with Crippen molar-refractivity contribution >= 4 is 28.5 Å². The highest BCUT2D eigenvalue weighted by Gasteiger charge is 2.21. The van der Waals surface area contributed by atoms with E-state index in [1.54, 1.807) is 12.1 Å². The molecular weight excluding hydrogens is 374 g/mol. The first-order valence-corrected chi connectivity index (χ1v) is 9.38. The molecule has 0 unspecified atom stereocenters. The smallest absolute Gasteiger partial charge is 0.253 e. The molecule has 1 N–H and O–H groups in total. The summed E-state index contributed by atoms with van der Waals surface area (Å²) in [6.07, 6.45) is 0. The normalized spacial score (nSPS) is 13.2. The third-order valence-electron chi connectivity index (χ3n) is 4.77. The van der Waals surface area contributed by atoms with Crippen molar-refractivity contribution in [1.82, 2.24) is 14.9 Å². The molecule has 1 aliphatic rings. The highest BCUT2D eigenvalue weighted by Crippen LogP contribution is 2.31. The maximum atomic E-state index is 12.3. The molecule has 4 aromatic rings. The van der Waals surface area contributed by atoms with Gasteiger partial charge in [-0.2, -0.15) is 0 Å². The summed E-state index contributed by atoms with van der Waals surface area (Å²) in [4.78, 5) is 17.1. The van der Waals surface area contributed by atoms with Crippen molar-refractivity contribution in [3.63, 3.8) is 0 Å². The van der Waals surface area contributed by atoms with Crippen LogP contribution in [0.5, 0.6) is 11.5 Å². The van der Waals surface area contributed by atoms with Gasteiger partial charge in [-0.3, -0.25) is 4.79 Å². The average Bonchev–Trinajstić information content (AvgIpc) is 2.99. The third kappa shape index (κ3) is 2.90. The number of carbonyl (C=O) groups excluding carboxylic acids is 1. The Balaban J connectivity index is 1.59. The molecule has 0 bridgehead atoms. The fraction of sp³-hybridized carbons (Fsp3) is 0.0909. The lowest BCUT2D eigenvalue weighted by Gasteiger charge is -2.10. The van der Waals surface area contributed by atoms with Gasteiger partial charge < -0.3 is 14.6 Å². The Morgan fingerprint density at radius 3 is 2.68 bits per heavy atom. The SMILES string of the molecule is O=C1NCCn2c(-c3cccc(Oc4ccc(Cl)cc4)c3)nc3cccc1c32. The number of hydrogen-bond acceptors (Lipinski definition) is 3. The Kier molecular flexibility index (Phi) is 4.02. The molecule has 0 spiro atoms. The molecular formula is C22H16ClN3O2. The van der Waals surface area contributed by atoms with Crippen molar-refractivity contribution < 1.29 is 9.53 Å². The van der Waals surface area contributed by atoms with Crippen LogP contribution in [0.2, 0.25) is 5.02 Å². The van der Waals surface area contributed by atoms with Crippen LogP contribution < -0.4 is 10.1 Å². The van der Waals surface area contributed by atoms with E-state index in [1.807, 2.05) is 54.6 Å². The second-order valence-corrected chi connectivity index (χ2v) is 7.04. The number of carbonyl (C=O) groups is 1. The molecule has 138 valence electrons. The fourth-order valence-electron chi connectivity index (χ4n) is 3.52. The maximum Gasteiger partial charge on any atom is 0.253 e. The summed E-state index contributed by atoms with van der Waals surface area (Å²) in [6, 6.07) is 20.7. The van der Waals surface area contributed by atoms with E-state index < -0.39 is 0 Å². The van der Waals surface area contributed by atoms with Crippen molar-refractivity contribution in [3.8, 4) is 22.9 Å². The highest BCUT2D eigenvalue weighted by molar-refractivity contribution is 6.30. The molecule has 0 radical (unpaired) electrons. The zero-order valence-corrected chi connectivity index (χ0v) is 15.6. The quantitative estimate of drug-likeness (QED) is 0.542. The largest absolute Gasteiger partial charge is 0.457 e. The third-order valence-corrected chi connectivity index (χ3v) is 5.03. The number of aromatic nitrogens is 2. The summed E-state index contributed by atoms with van der Waals surface area (Å²) in [5.74, 6) is 2.18. The highest BCUT2D eigenvalue weighted by atomic mass is 35.5. The second-order valence-electron chi connectivity index (χ2n) is 6.60. The standard InChI is InChI=1S/C22H16ClN3O2/c23-15-7-9-16(10-8-15)28-17-4-1-3-14(13-17)21-25-19-6-2-5-18-20(19)26(21)12-11-24-22(18)27/h1-10,13H,11-12H2,(H,24,27). The number of halogens is 1. The molecule has 3 aromatic carbocycles. The van der Waals surface area contributed by atoms with Gasteiger partial charge in [0.05, 0.1) is 16.6 Å². The summed E-state index contributed by atoms with van der Waals surface area (Å²) in [6.45, 7) is 1.23. The summed E-state index contributed by atoms with van der Waals surface area (Å²) < 4.78 is 8.06. The first-order chi connectivity index (χ1) is 13.7. The van der Waals surface area contributed by atoms with Crippen LogP contribution in [0.15, 0.2) is 66.7 Å². The van der Waals surface area contributed by atoms with Gasteiger partial charge in [0.15, 0.2) is 0 Å². The van der Waals surface area contributed by atoms with Gasteiger partial charge in [-0.15, -0.1) is 0 Å². The van der Waals surface area contributed by atoms with E-state index in [4.69, 9.17) is 21.3 Å². The number of hydrogen-bond donors (Lipinski definition) is 1. The summed E-state index contributed by atoms with van der Waals surface area (Å²) in [7, 11) is 0. The number of imidazole rings is 1. The van der Waals surface area contributed by atoms with Gasteiger partial charge in [0.25, 0.3) is 5.91 Å². The van der Waals surface area contributed by atoms with Crippen molar-refractivity contribution in [2.24, 2.45) is 0 Å². The van der Waals surface area contributed by atoms with Gasteiger partial charge in [0, 0.05) is 23.7 Å². The Hall–Kier alpha value is -3.31. The van der Waals surface area contributed by atoms with Gasteiger partial charge in [0.1, 0.15) is 17.3 Å². The molecule has 1 aromatic heterocycles. The molecule has 0 saturated heterocycles. The Labute approximate surface area is 166 Å². The number of ether oxygens (including phenoxy) is 1. The molecule has 0 atom stereocenters. The molecule has 0 saturated carbocycles. The van der Waals surface area contributed by atoms with Gasteiger partial charge in [0.2, 0.25) is 0 Å². The van der Waals surface area contributed by atoms with Gasteiger partial charge in [-0.05, 0) is 48.5 Å². The van der Waals surface area contributed by atoms with Crippen LogP contribution in [0.1, 0.15) is 10.4 Å². The van der Waals surface area contributed by atoms with E-state index in [2.05, 4.69) is 9.88 Å². The van der Waals surface area contributed by atoms with Crippen molar-refractivity contribution in [3.05, 3.63) is 77.3 Å². The molecule has 2 heterocycles. The summed E-state index contributed by atoms with van der Waals surface area (Å²) in [5.41, 5.74) is 3.27. The first kappa shape index (κ1) is 16.8. The zero-order chi connectivity index (χ0) is 19.1. The van der Waals surface area contributed by atoms with Crippen LogP contribution in [-0.2, 0) is 6.54 Å². The lowest BCUT2D eigenvalue weighted by atomic mass is 10.1. The van der Waals surface area contributed by atoms with Crippen LogP contribution in [-0.4, -0.2) is 22.0 Å². The van der Waals surface area contributed by atoms with Gasteiger partial charge in [-0.25, -0.2) is 4.98 Å². The van der Waals surface area contributed by atoms with Gasteiger partial charge >= 0.3 is 0 Å². The van der Waals surface area contributed by atoms with E-state index >= 15 is 0 Å². The van der Waals surface area contributed by atoms with E-state index in [0.29, 0.717) is 35.2 Å². The Morgan fingerprint density at radius 2 is 1.82 bits per heavy atom. The molecule has 5 nitrogen and oxygen atoms in total. The predicted molar refractivity (Wildman–Crippen MR) is 109 cm³/mol. The first-order valence-electron chi connectivity index (χ1n) is 9.00. The van der Waals surface area contributed by atoms with Gasteiger partial charge in [-0.1, -0.05) is 29.8 Å². The number of para-hydroxylation sites is 1. The summed E-state index contributed by atoms with van der Waals surface area (Å²) >= 11 is 5.94. The van der Waals surface area contributed by atoms with Crippen LogP contribution in [0, 0.1) is 0 Å². The number of nitrogens with zero attached hydrogens (tertiary/aromatic N) is 2. The Morgan fingerprint density at radius 1 is 1.00 bits per heavy atom. The van der Waals surface area contributed by atoms with Crippen LogP contribution in [0.4, 0.5) is 0 Å². The molecule has 1 aliphatic heterocycles. The molecule has 6 heteroatoms. The lowest BCUT2D eigenvalue weighted by molar-refractivity contribution is 0.0956. The predicted octanol–water partition coefficient (Wildman–Crippen LogP) is 4.89. The lowest BCUT2D eigenvalue weighted by Crippen LogP contribution is -2.24. The number of nitrogens with one attached hydrogen (secondary N) is 1. The molecule has 5 rings (SSSR count). The van der Waals surface area contributed by atoms with Crippen molar-refractivity contribution in [1.29, 1.82) is 0 Å². The number of amides is 1. The van der Waals surface area contributed by atoms with E-state index in [0.717, 1.165) is 22.4 Å². The second kappa shape index (κ2) is 6.69. The minimum Gasteiger partial charge on any atom is -0.457 e. The monoisotopic (exact) mass is 389 g/mol. The van der Waals surface area contributed by atoms with Crippen molar-refractivity contribution in [2.75, 3.05) is 6.54 Å². The number of benzene rings is 3.